The van der Waals surface area contributed by atoms with Gasteiger partial charge in [0.15, 0.2) is 0 Å². The Balaban J connectivity index is 2.52. The molecule has 0 saturated heterocycles. The Kier molecular flexibility index (Phi) is 5.98. The van der Waals surface area contributed by atoms with Crippen molar-refractivity contribution in [2.24, 2.45) is 0 Å². The van der Waals surface area contributed by atoms with E-state index in [0.717, 1.165) is 18.4 Å². The Morgan fingerprint density at radius 2 is 1.32 bits per heavy atom. The molecule has 0 spiro atoms. The van der Waals surface area contributed by atoms with Gasteiger partial charge in [0, 0.05) is 5.41 Å². The minimum absolute atomic E-state index is 0.0914. The number of benzene rings is 2. The molecule has 0 aliphatic heterocycles. The van der Waals surface area contributed by atoms with Gasteiger partial charge in [-0.2, -0.15) is 0 Å². The molecule has 0 amide bonds. The standard InChI is InChI=1S/C24H34O/c1-8-16(3)21-14-19(11-10-18(21)5)24(6,7)20-12-13-23(25)22(15-20)17(4)9-2/h10-17,25H,8-9H2,1-7H3. The van der Waals surface area contributed by atoms with Gasteiger partial charge in [0.05, 0.1) is 0 Å². The molecule has 136 valence electrons. The van der Waals surface area contributed by atoms with Crippen molar-refractivity contribution in [3.8, 4) is 5.75 Å². The molecule has 2 atom stereocenters. The van der Waals surface area contributed by atoms with Gasteiger partial charge in [-0.3, -0.25) is 0 Å². The summed E-state index contributed by atoms with van der Waals surface area (Å²) in [5.41, 5.74) is 6.40. The highest BCUT2D eigenvalue weighted by Crippen LogP contribution is 2.38. The van der Waals surface area contributed by atoms with Crippen LogP contribution in [0.2, 0.25) is 0 Å². The van der Waals surface area contributed by atoms with Crippen LogP contribution in [0.3, 0.4) is 0 Å². The molecule has 1 nitrogen and oxygen atoms in total. The van der Waals surface area contributed by atoms with E-state index in [-0.39, 0.29) is 5.41 Å². The Bertz CT molecular complexity index is 665. The molecule has 0 bridgehead atoms. The van der Waals surface area contributed by atoms with Crippen LogP contribution in [-0.4, -0.2) is 5.11 Å². The predicted molar refractivity (Wildman–Crippen MR) is 109 cm³/mol. The van der Waals surface area contributed by atoms with Gasteiger partial charge in [-0.05, 0) is 65.5 Å². The summed E-state index contributed by atoms with van der Waals surface area (Å²) >= 11 is 0. The largest absolute Gasteiger partial charge is 0.508 e. The molecular formula is C24H34O. The summed E-state index contributed by atoms with van der Waals surface area (Å²) in [7, 11) is 0. The fourth-order valence-corrected chi connectivity index (χ4v) is 3.50. The van der Waals surface area contributed by atoms with Crippen LogP contribution in [0.5, 0.6) is 5.75 Å². The molecule has 0 aliphatic rings. The van der Waals surface area contributed by atoms with E-state index >= 15 is 0 Å². The first-order chi connectivity index (χ1) is 11.7. The zero-order valence-corrected chi connectivity index (χ0v) is 17.0. The fourth-order valence-electron chi connectivity index (χ4n) is 3.50. The Labute approximate surface area is 154 Å². The van der Waals surface area contributed by atoms with Gasteiger partial charge in [-0.25, -0.2) is 0 Å². The van der Waals surface area contributed by atoms with Crippen molar-refractivity contribution >= 4 is 0 Å². The number of aromatic hydroxyl groups is 1. The zero-order valence-electron chi connectivity index (χ0n) is 17.0. The molecule has 0 saturated carbocycles. The third-order valence-electron chi connectivity index (χ3n) is 6.04. The minimum Gasteiger partial charge on any atom is -0.508 e. The van der Waals surface area contributed by atoms with Crippen LogP contribution >= 0.6 is 0 Å². The van der Waals surface area contributed by atoms with E-state index in [4.69, 9.17) is 0 Å². The molecule has 0 heterocycles. The second-order valence-corrected chi connectivity index (χ2v) is 8.09. The molecule has 1 N–H and O–H groups in total. The van der Waals surface area contributed by atoms with Gasteiger partial charge < -0.3 is 5.11 Å². The highest BCUT2D eigenvalue weighted by Gasteiger charge is 2.26. The summed E-state index contributed by atoms with van der Waals surface area (Å²) in [5.74, 6) is 1.36. The lowest BCUT2D eigenvalue weighted by molar-refractivity contribution is 0.460. The van der Waals surface area contributed by atoms with Gasteiger partial charge >= 0.3 is 0 Å². The van der Waals surface area contributed by atoms with Crippen LogP contribution in [0.4, 0.5) is 0 Å². The summed E-state index contributed by atoms with van der Waals surface area (Å²) in [6, 6.07) is 13.0. The lowest BCUT2D eigenvalue weighted by atomic mass is 9.75. The summed E-state index contributed by atoms with van der Waals surface area (Å²) in [5, 5.41) is 10.3. The van der Waals surface area contributed by atoms with Crippen molar-refractivity contribution in [2.75, 3.05) is 0 Å². The van der Waals surface area contributed by atoms with Crippen LogP contribution < -0.4 is 0 Å². The highest BCUT2D eigenvalue weighted by atomic mass is 16.3. The molecule has 0 fully saturated rings. The number of phenols is 1. The van der Waals surface area contributed by atoms with Gasteiger partial charge in [0.1, 0.15) is 5.75 Å². The Hall–Kier alpha value is -1.76. The van der Waals surface area contributed by atoms with Crippen LogP contribution in [-0.2, 0) is 5.41 Å². The summed E-state index contributed by atoms with van der Waals surface area (Å²) in [6.45, 7) is 15.7. The topological polar surface area (TPSA) is 20.2 Å². The zero-order chi connectivity index (χ0) is 18.8. The number of hydrogen-bond donors (Lipinski definition) is 1. The second kappa shape index (κ2) is 7.64. The molecule has 0 aromatic heterocycles. The van der Waals surface area contributed by atoms with Crippen molar-refractivity contribution in [1.82, 2.24) is 0 Å². The van der Waals surface area contributed by atoms with Gasteiger partial charge in [-0.15, -0.1) is 0 Å². The first kappa shape index (κ1) is 19.6. The quantitative estimate of drug-likeness (QED) is 0.598. The molecule has 2 aromatic carbocycles. The minimum atomic E-state index is -0.0914. The van der Waals surface area contributed by atoms with E-state index in [9.17, 15) is 5.11 Å². The van der Waals surface area contributed by atoms with E-state index in [2.05, 4.69) is 78.8 Å². The Morgan fingerprint density at radius 3 is 1.88 bits per heavy atom. The monoisotopic (exact) mass is 338 g/mol. The van der Waals surface area contributed by atoms with Gasteiger partial charge in [0.25, 0.3) is 0 Å². The second-order valence-electron chi connectivity index (χ2n) is 8.09. The van der Waals surface area contributed by atoms with Gasteiger partial charge in [0.2, 0.25) is 0 Å². The lowest BCUT2D eigenvalue weighted by Crippen LogP contribution is -2.20. The van der Waals surface area contributed by atoms with Crippen molar-refractivity contribution < 1.29 is 5.11 Å². The maximum atomic E-state index is 10.3. The average molecular weight is 339 g/mol. The Morgan fingerprint density at radius 1 is 0.840 bits per heavy atom. The lowest BCUT2D eigenvalue weighted by Gasteiger charge is -2.29. The molecule has 2 aromatic rings. The molecule has 2 unspecified atom stereocenters. The summed E-state index contributed by atoms with van der Waals surface area (Å²) < 4.78 is 0. The van der Waals surface area contributed by atoms with Crippen molar-refractivity contribution in [2.45, 2.75) is 78.6 Å². The normalized spacial score (nSPS) is 14.4. The highest BCUT2D eigenvalue weighted by molar-refractivity contribution is 5.47. The number of aryl methyl sites for hydroxylation is 1. The van der Waals surface area contributed by atoms with Crippen LogP contribution in [0, 0.1) is 6.92 Å². The molecular weight excluding hydrogens is 304 g/mol. The number of phenolic OH excluding ortho intramolecular Hbond substituents is 1. The average Bonchev–Trinajstić information content (AvgIpc) is 2.60. The third-order valence-corrected chi connectivity index (χ3v) is 6.04. The molecule has 25 heavy (non-hydrogen) atoms. The first-order valence-electron chi connectivity index (χ1n) is 9.66. The summed E-state index contributed by atoms with van der Waals surface area (Å²) in [4.78, 5) is 0. The van der Waals surface area contributed by atoms with Crippen LogP contribution in [0.1, 0.15) is 94.0 Å². The van der Waals surface area contributed by atoms with Crippen LogP contribution in [0.25, 0.3) is 0 Å². The SMILES string of the molecule is CCC(C)c1cc(C(C)(C)c2ccc(O)c(C(C)CC)c2)ccc1C. The molecule has 2 rings (SSSR count). The number of hydrogen-bond acceptors (Lipinski definition) is 1. The maximum Gasteiger partial charge on any atom is 0.119 e. The van der Waals surface area contributed by atoms with E-state index in [1.165, 1.54) is 22.3 Å². The van der Waals surface area contributed by atoms with Crippen molar-refractivity contribution in [3.63, 3.8) is 0 Å². The van der Waals surface area contributed by atoms with E-state index in [1.54, 1.807) is 0 Å². The van der Waals surface area contributed by atoms with Crippen molar-refractivity contribution in [3.05, 3.63) is 64.2 Å². The smallest absolute Gasteiger partial charge is 0.119 e. The van der Waals surface area contributed by atoms with Crippen molar-refractivity contribution in [1.29, 1.82) is 0 Å². The summed E-state index contributed by atoms with van der Waals surface area (Å²) in [6.07, 6.45) is 2.18. The molecule has 0 aliphatic carbocycles. The van der Waals surface area contributed by atoms with E-state index < -0.39 is 0 Å². The number of rotatable bonds is 6. The fraction of sp³-hybridized carbons (Fsp3) is 0.500. The maximum absolute atomic E-state index is 10.3. The third kappa shape index (κ3) is 3.92. The van der Waals surface area contributed by atoms with E-state index in [0.29, 0.717) is 17.6 Å². The first-order valence-corrected chi connectivity index (χ1v) is 9.66. The molecule has 0 radical (unpaired) electrons. The van der Waals surface area contributed by atoms with E-state index in [1.807, 2.05) is 6.07 Å². The predicted octanol–water partition coefficient (Wildman–Crippen LogP) is 7.05. The van der Waals surface area contributed by atoms with Gasteiger partial charge in [-0.1, -0.05) is 71.9 Å². The molecule has 1 heteroatoms. The van der Waals surface area contributed by atoms with Crippen LogP contribution in [0.15, 0.2) is 36.4 Å².